The van der Waals surface area contributed by atoms with Crippen LogP contribution >= 0.6 is 23.2 Å². The summed E-state index contributed by atoms with van der Waals surface area (Å²) in [5, 5.41) is 1.68. The summed E-state index contributed by atoms with van der Waals surface area (Å²) < 4.78 is 13.5. The van der Waals surface area contributed by atoms with Gasteiger partial charge in [-0.15, -0.1) is 0 Å². The van der Waals surface area contributed by atoms with Crippen LogP contribution in [-0.4, -0.2) is 22.3 Å². The molecule has 122 valence electrons. The molecule has 0 saturated carbocycles. The molecule has 0 spiro atoms. The molecule has 2 aromatic carbocycles. The number of hydrogen-bond donors (Lipinski definition) is 1. The van der Waals surface area contributed by atoms with E-state index in [1.54, 1.807) is 35.2 Å². The molecule has 1 aliphatic heterocycles. The van der Waals surface area contributed by atoms with Crippen LogP contribution in [0.4, 0.5) is 4.39 Å². The number of amides is 1. The van der Waals surface area contributed by atoms with Crippen LogP contribution in [0.3, 0.4) is 0 Å². The molecular weight excluding hydrogens is 350 g/mol. The van der Waals surface area contributed by atoms with Gasteiger partial charge in [-0.05, 0) is 48.4 Å². The van der Waals surface area contributed by atoms with E-state index in [9.17, 15) is 9.18 Å². The Balaban J connectivity index is 1.65. The smallest absolute Gasteiger partial charge is 0.254 e. The lowest BCUT2D eigenvalue weighted by Gasteiger charge is -2.27. The molecule has 0 bridgehead atoms. The summed E-state index contributed by atoms with van der Waals surface area (Å²) in [5.74, 6) is -0.345. The van der Waals surface area contributed by atoms with E-state index in [1.807, 2.05) is 0 Å². The van der Waals surface area contributed by atoms with Crippen molar-refractivity contribution in [3.8, 4) is 0 Å². The van der Waals surface area contributed by atoms with Crippen molar-refractivity contribution in [1.82, 2.24) is 9.88 Å². The Labute approximate surface area is 148 Å². The second kappa shape index (κ2) is 5.80. The molecule has 0 unspecified atom stereocenters. The van der Waals surface area contributed by atoms with E-state index in [0.29, 0.717) is 35.1 Å². The molecule has 3 aromatic rings. The third-order valence-corrected chi connectivity index (χ3v) is 5.13. The molecule has 1 N–H and O–H groups in total. The Morgan fingerprint density at radius 2 is 1.96 bits per heavy atom. The second-order valence-corrected chi connectivity index (χ2v) is 6.69. The third kappa shape index (κ3) is 2.56. The van der Waals surface area contributed by atoms with Crippen molar-refractivity contribution in [2.75, 3.05) is 6.54 Å². The molecule has 1 amide bonds. The summed E-state index contributed by atoms with van der Waals surface area (Å²) in [4.78, 5) is 17.7. The molecule has 0 saturated heterocycles. The number of hydrogen-bond acceptors (Lipinski definition) is 1. The van der Waals surface area contributed by atoms with Crippen molar-refractivity contribution in [2.24, 2.45) is 0 Å². The summed E-state index contributed by atoms with van der Waals surface area (Å²) in [6, 6.07) is 9.59. The van der Waals surface area contributed by atoms with Gasteiger partial charge in [-0.1, -0.05) is 23.2 Å². The average Bonchev–Trinajstić information content (AvgIpc) is 2.93. The predicted octanol–water partition coefficient (Wildman–Crippen LogP) is 4.81. The van der Waals surface area contributed by atoms with Crippen molar-refractivity contribution in [3.05, 3.63) is 69.1 Å². The highest BCUT2D eigenvalue weighted by Crippen LogP contribution is 2.29. The van der Waals surface area contributed by atoms with Gasteiger partial charge in [0, 0.05) is 28.7 Å². The summed E-state index contributed by atoms with van der Waals surface area (Å²) in [5.41, 5.74) is 3.44. The lowest BCUT2D eigenvalue weighted by Crippen LogP contribution is -2.35. The zero-order valence-electron chi connectivity index (χ0n) is 12.6. The van der Waals surface area contributed by atoms with Crippen molar-refractivity contribution in [2.45, 2.75) is 13.0 Å². The monoisotopic (exact) mass is 362 g/mol. The number of aromatic amines is 1. The summed E-state index contributed by atoms with van der Waals surface area (Å²) in [6.07, 6.45) is 0.686. The number of halogens is 3. The van der Waals surface area contributed by atoms with Gasteiger partial charge >= 0.3 is 0 Å². The molecule has 2 heterocycles. The summed E-state index contributed by atoms with van der Waals surface area (Å²) >= 11 is 11.9. The maximum Gasteiger partial charge on any atom is 0.254 e. The van der Waals surface area contributed by atoms with Crippen LogP contribution in [0, 0.1) is 5.82 Å². The summed E-state index contributed by atoms with van der Waals surface area (Å²) in [6.45, 7) is 1.04. The van der Waals surface area contributed by atoms with E-state index in [2.05, 4.69) is 4.98 Å². The first-order valence-corrected chi connectivity index (χ1v) is 8.32. The Bertz CT molecular complexity index is 967. The zero-order valence-corrected chi connectivity index (χ0v) is 14.1. The van der Waals surface area contributed by atoms with Crippen LogP contribution in [0.2, 0.25) is 10.0 Å². The molecule has 4 rings (SSSR count). The van der Waals surface area contributed by atoms with E-state index in [4.69, 9.17) is 23.2 Å². The summed E-state index contributed by atoms with van der Waals surface area (Å²) in [7, 11) is 0. The fraction of sp³-hybridized carbons (Fsp3) is 0.167. The fourth-order valence-corrected chi connectivity index (χ4v) is 3.50. The molecule has 3 nitrogen and oxygen atoms in total. The minimum Gasteiger partial charge on any atom is -0.357 e. The molecule has 0 aliphatic carbocycles. The highest BCUT2D eigenvalue weighted by atomic mass is 35.5. The minimum absolute atomic E-state index is 0.0935. The normalized spacial score (nSPS) is 14.0. The predicted molar refractivity (Wildman–Crippen MR) is 93.2 cm³/mol. The number of rotatable bonds is 1. The first-order chi connectivity index (χ1) is 11.5. The fourth-order valence-electron chi connectivity index (χ4n) is 3.20. The van der Waals surface area contributed by atoms with Gasteiger partial charge in [0.25, 0.3) is 5.91 Å². The maximum atomic E-state index is 13.5. The highest BCUT2D eigenvalue weighted by molar-refractivity contribution is 6.42. The number of benzene rings is 2. The topological polar surface area (TPSA) is 36.1 Å². The van der Waals surface area contributed by atoms with E-state index >= 15 is 0 Å². The van der Waals surface area contributed by atoms with Crippen LogP contribution in [-0.2, 0) is 13.0 Å². The van der Waals surface area contributed by atoms with E-state index in [0.717, 1.165) is 22.2 Å². The minimum atomic E-state index is -0.251. The van der Waals surface area contributed by atoms with Gasteiger partial charge in [0.15, 0.2) is 0 Å². The lowest BCUT2D eigenvalue weighted by atomic mass is 10.0. The average molecular weight is 363 g/mol. The molecule has 24 heavy (non-hydrogen) atoms. The highest BCUT2D eigenvalue weighted by Gasteiger charge is 2.25. The number of nitrogens with zero attached hydrogens (tertiary/aromatic N) is 1. The van der Waals surface area contributed by atoms with Crippen LogP contribution < -0.4 is 0 Å². The molecule has 0 atom stereocenters. The third-order valence-electron chi connectivity index (χ3n) is 4.39. The Hall–Kier alpha value is -2.04. The first kappa shape index (κ1) is 15.5. The molecule has 6 heteroatoms. The maximum absolute atomic E-state index is 13.5. The quantitative estimate of drug-likeness (QED) is 0.662. The van der Waals surface area contributed by atoms with E-state index < -0.39 is 0 Å². The van der Waals surface area contributed by atoms with Gasteiger partial charge in [-0.2, -0.15) is 0 Å². The van der Waals surface area contributed by atoms with Crippen molar-refractivity contribution >= 4 is 40.0 Å². The molecule has 0 fully saturated rings. The molecule has 1 aliphatic rings. The molecule has 1 aromatic heterocycles. The van der Waals surface area contributed by atoms with E-state index in [1.165, 1.54) is 6.07 Å². The van der Waals surface area contributed by atoms with Gasteiger partial charge in [-0.25, -0.2) is 4.39 Å². The van der Waals surface area contributed by atoms with Crippen LogP contribution in [0.1, 0.15) is 21.6 Å². The molecular formula is C18H13Cl2FN2O. The van der Waals surface area contributed by atoms with Gasteiger partial charge < -0.3 is 9.88 Å². The number of H-pyrrole nitrogens is 1. The van der Waals surface area contributed by atoms with Crippen molar-refractivity contribution in [3.63, 3.8) is 0 Å². The Kier molecular flexibility index (Phi) is 3.74. The standard InChI is InChI=1S/C18H13Cl2FN2O/c19-14-3-1-10(7-15(14)20)18(24)23-6-5-12-13-8-11(21)2-4-16(13)22-17(12)9-23/h1-4,7-8,22H,5-6,9H2. The zero-order chi connectivity index (χ0) is 16.8. The second-order valence-electron chi connectivity index (χ2n) is 5.88. The number of carbonyl (C=O) groups excluding carboxylic acids is 1. The SMILES string of the molecule is O=C(c1ccc(Cl)c(Cl)c1)N1CCc2c([nH]c3ccc(F)cc23)C1. The van der Waals surface area contributed by atoms with Crippen LogP contribution in [0.5, 0.6) is 0 Å². The number of nitrogens with one attached hydrogen (secondary N) is 1. The number of carbonyl (C=O) groups is 1. The van der Waals surface area contributed by atoms with Gasteiger partial charge in [0.2, 0.25) is 0 Å². The molecule has 0 radical (unpaired) electrons. The van der Waals surface area contributed by atoms with Crippen LogP contribution in [0.25, 0.3) is 10.9 Å². The number of aromatic nitrogens is 1. The lowest BCUT2D eigenvalue weighted by molar-refractivity contribution is 0.0733. The van der Waals surface area contributed by atoms with Gasteiger partial charge in [0.1, 0.15) is 5.82 Å². The number of fused-ring (bicyclic) bond motifs is 3. The van der Waals surface area contributed by atoms with E-state index in [-0.39, 0.29) is 11.7 Å². The Morgan fingerprint density at radius 1 is 1.12 bits per heavy atom. The van der Waals surface area contributed by atoms with Gasteiger partial charge in [0.05, 0.1) is 16.6 Å². The Morgan fingerprint density at radius 3 is 2.75 bits per heavy atom. The largest absolute Gasteiger partial charge is 0.357 e. The van der Waals surface area contributed by atoms with Crippen molar-refractivity contribution < 1.29 is 9.18 Å². The van der Waals surface area contributed by atoms with Gasteiger partial charge in [-0.3, -0.25) is 4.79 Å². The van der Waals surface area contributed by atoms with Crippen LogP contribution in [0.15, 0.2) is 36.4 Å². The first-order valence-electron chi connectivity index (χ1n) is 7.56. The van der Waals surface area contributed by atoms with Crippen molar-refractivity contribution in [1.29, 1.82) is 0 Å².